The van der Waals surface area contributed by atoms with E-state index in [-0.39, 0.29) is 17.9 Å². The van der Waals surface area contributed by atoms with Crippen molar-refractivity contribution < 1.29 is 38.7 Å². The molecule has 2 heterocycles. The molecule has 2 aliphatic heterocycles. The summed E-state index contributed by atoms with van der Waals surface area (Å²) in [5.74, 6) is -3.15. The molecule has 3 aromatic carbocycles. The lowest BCUT2D eigenvalue weighted by molar-refractivity contribution is -0.187. The number of allylic oxidation sites excluding steroid dienone is 1. The van der Waals surface area contributed by atoms with Crippen molar-refractivity contribution in [1.29, 1.82) is 0 Å². The van der Waals surface area contributed by atoms with E-state index < -0.39 is 23.1 Å². The highest BCUT2D eigenvalue weighted by molar-refractivity contribution is 5.89. The summed E-state index contributed by atoms with van der Waals surface area (Å²) in [6.07, 6.45) is 2.68. The second-order valence-electron chi connectivity index (χ2n) is 8.76. The van der Waals surface area contributed by atoms with E-state index in [4.69, 9.17) is 18.9 Å². The Kier molecular flexibility index (Phi) is 5.97. The van der Waals surface area contributed by atoms with E-state index in [0.29, 0.717) is 28.2 Å². The topological polar surface area (TPSA) is 112 Å². The molecule has 0 aliphatic carbocycles. The largest absolute Gasteiger partial charge is 0.497 e. The lowest BCUT2D eigenvalue weighted by Gasteiger charge is -2.41. The molecule has 37 heavy (non-hydrogen) atoms. The standard InChI is InChI=1S/C29H24O8/c1-18-3-7-20(8-4-18)28(25-16-35-17-36-25,21-9-5-19(6-10-21)27(31)32)24-15-26(30)37-29(24,33)22-11-13-23(34-2)14-12-22/h3-16,33H,17H2,1-2H3,(H,31,32). The van der Waals surface area contributed by atoms with Crippen LogP contribution in [0.5, 0.6) is 5.75 Å². The minimum atomic E-state index is -2.19. The molecule has 2 atom stereocenters. The third-order valence-corrected chi connectivity index (χ3v) is 6.65. The lowest BCUT2D eigenvalue weighted by atomic mass is 9.64. The highest BCUT2D eigenvalue weighted by atomic mass is 16.7. The van der Waals surface area contributed by atoms with Gasteiger partial charge in [-0.3, -0.25) is 0 Å². The first-order valence-electron chi connectivity index (χ1n) is 11.5. The molecule has 8 heteroatoms. The van der Waals surface area contributed by atoms with E-state index in [9.17, 15) is 19.8 Å². The van der Waals surface area contributed by atoms with Gasteiger partial charge in [0.2, 0.25) is 6.79 Å². The summed E-state index contributed by atoms with van der Waals surface area (Å²) in [6, 6.07) is 20.2. The number of hydrogen-bond acceptors (Lipinski definition) is 7. The molecule has 0 amide bonds. The van der Waals surface area contributed by atoms with Crippen molar-refractivity contribution in [1.82, 2.24) is 0 Å². The van der Waals surface area contributed by atoms with Crippen LogP contribution in [0, 0.1) is 6.92 Å². The van der Waals surface area contributed by atoms with E-state index >= 15 is 0 Å². The number of aromatic carboxylic acids is 1. The first-order valence-corrected chi connectivity index (χ1v) is 11.5. The van der Waals surface area contributed by atoms with E-state index in [1.165, 1.54) is 31.6 Å². The van der Waals surface area contributed by atoms with Gasteiger partial charge in [0.05, 0.1) is 12.7 Å². The highest BCUT2D eigenvalue weighted by Gasteiger charge is 2.58. The summed E-state index contributed by atoms with van der Waals surface area (Å²) < 4.78 is 22.2. The van der Waals surface area contributed by atoms with Gasteiger partial charge in [0, 0.05) is 17.2 Å². The number of ether oxygens (including phenoxy) is 4. The first-order chi connectivity index (χ1) is 17.8. The van der Waals surface area contributed by atoms with Crippen LogP contribution in [0.15, 0.2) is 96.5 Å². The molecular formula is C29H24O8. The summed E-state index contributed by atoms with van der Waals surface area (Å²) >= 11 is 0. The predicted molar refractivity (Wildman–Crippen MR) is 132 cm³/mol. The number of benzene rings is 3. The first kappa shape index (κ1) is 24.1. The van der Waals surface area contributed by atoms with Crippen LogP contribution in [0.3, 0.4) is 0 Å². The number of rotatable bonds is 7. The van der Waals surface area contributed by atoms with Gasteiger partial charge in [0.15, 0.2) is 5.76 Å². The number of cyclic esters (lactones) is 1. The number of aliphatic hydroxyl groups is 1. The van der Waals surface area contributed by atoms with Crippen molar-refractivity contribution >= 4 is 11.9 Å². The average Bonchev–Trinajstić information content (AvgIpc) is 3.55. The van der Waals surface area contributed by atoms with Gasteiger partial charge in [-0.1, -0.05) is 42.0 Å². The van der Waals surface area contributed by atoms with Crippen LogP contribution >= 0.6 is 0 Å². The van der Waals surface area contributed by atoms with Gasteiger partial charge in [-0.2, -0.15) is 0 Å². The third kappa shape index (κ3) is 3.91. The number of hydrogen-bond donors (Lipinski definition) is 2. The Morgan fingerprint density at radius 3 is 2.14 bits per heavy atom. The van der Waals surface area contributed by atoms with Gasteiger partial charge in [-0.25, -0.2) is 9.59 Å². The lowest BCUT2D eigenvalue weighted by Crippen LogP contribution is -2.43. The van der Waals surface area contributed by atoms with E-state index in [2.05, 4.69) is 0 Å². The SMILES string of the molecule is COc1ccc(C2(O)OC(=O)C=C2C(C2=COCO2)(c2ccc(C)cc2)c2ccc(C(=O)O)cc2)cc1. The number of carbonyl (C=O) groups excluding carboxylic acids is 1. The number of carboxylic acid groups (broad SMARTS) is 1. The molecule has 8 nitrogen and oxygen atoms in total. The number of aryl methyl sites for hydroxylation is 1. The van der Waals surface area contributed by atoms with Crippen LogP contribution in [0.4, 0.5) is 0 Å². The van der Waals surface area contributed by atoms with Crippen molar-refractivity contribution in [2.75, 3.05) is 13.9 Å². The Bertz CT molecular complexity index is 1400. The molecule has 5 rings (SSSR count). The number of carbonyl (C=O) groups is 2. The molecule has 2 N–H and O–H groups in total. The van der Waals surface area contributed by atoms with Gasteiger partial charge in [-0.15, -0.1) is 0 Å². The zero-order valence-corrected chi connectivity index (χ0v) is 20.1. The van der Waals surface area contributed by atoms with Crippen LogP contribution < -0.4 is 4.74 Å². The van der Waals surface area contributed by atoms with Crippen molar-refractivity contribution in [3.63, 3.8) is 0 Å². The molecule has 2 unspecified atom stereocenters. The number of methoxy groups -OCH3 is 1. The van der Waals surface area contributed by atoms with E-state index in [1.807, 2.05) is 31.2 Å². The van der Waals surface area contributed by atoms with Crippen molar-refractivity contribution in [3.05, 3.63) is 124 Å². The van der Waals surface area contributed by atoms with Crippen LogP contribution in [-0.4, -0.2) is 36.1 Å². The Morgan fingerprint density at radius 1 is 0.973 bits per heavy atom. The molecule has 0 aromatic heterocycles. The number of carboxylic acids is 1. The predicted octanol–water partition coefficient (Wildman–Crippen LogP) is 4.16. The second kappa shape index (κ2) is 9.15. The molecule has 0 saturated heterocycles. The maximum atomic E-state index is 12.8. The van der Waals surface area contributed by atoms with Crippen LogP contribution in [0.1, 0.15) is 32.6 Å². The zero-order valence-electron chi connectivity index (χ0n) is 20.1. The van der Waals surface area contributed by atoms with Gasteiger partial charge < -0.3 is 29.2 Å². The maximum absolute atomic E-state index is 12.8. The van der Waals surface area contributed by atoms with Crippen LogP contribution in [-0.2, 0) is 30.2 Å². The highest BCUT2D eigenvalue weighted by Crippen LogP contribution is 2.55. The summed E-state index contributed by atoms with van der Waals surface area (Å²) in [4.78, 5) is 24.4. The van der Waals surface area contributed by atoms with E-state index in [0.717, 1.165) is 5.56 Å². The van der Waals surface area contributed by atoms with Gasteiger partial charge in [0.1, 0.15) is 17.4 Å². The Balaban J connectivity index is 1.83. The zero-order chi connectivity index (χ0) is 26.2. The van der Waals surface area contributed by atoms with Crippen molar-refractivity contribution in [2.24, 2.45) is 0 Å². The quantitative estimate of drug-likeness (QED) is 0.465. The minimum absolute atomic E-state index is 0.0702. The molecular weight excluding hydrogens is 476 g/mol. The van der Waals surface area contributed by atoms with E-state index in [1.54, 1.807) is 36.4 Å². The summed E-state index contributed by atoms with van der Waals surface area (Å²) in [5, 5.41) is 21.6. The van der Waals surface area contributed by atoms with Gasteiger partial charge in [0.25, 0.3) is 5.79 Å². The molecule has 2 aliphatic rings. The van der Waals surface area contributed by atoms with Crippen LogP contribution in [0.2, 0.25) is 0 Å². The summed E-state index contributed by atoms with van der Waals surface area (Å²) in [7, 11) is 1.53. The maximum Gasteiger partial charge on any atom is 0.335 e. The molecule has 0 radical (unpaired) electrons. The van der Waals surface area contributed by atoms with Crippen LogP contribution in [0.25, 0.3) is 0 Å². The monoisotopic (exact) mass is 500 g/mol. The molecule has 0 bridgehead atoms. The average molecular weight is 501 g/mol. The Labute approximate surface area is 213 Å². The molecule has 0 saturated carbocycles. The Hall–Kier alpha value is -4.56. The number of esters is 1. The molecule has 3 aromatic rings. The molecule has 0 spiro atoms. The van der Waals surface area contributed by atoms with Crippen molar-refractivity contribution in [2.45, 2.75) is 18.1 Å². The normalized spacial score (nSPS) is 20.1. The fourth-order valence-corrected chi connectivity index (χ4v) is 4.84. The Morgan fingerprint density at radius 2 is 1.59 bits per heavy atom. The fraction of sp³-hybridized carbons (Fsp3) is 0.172. The fourth-order valence-electron chi connectivity index (χ4n) is 4.84. The van der Waals surface area contributed by atoms with Crippen molar-refractivity contribution in [3.8, 4) is 5.75 Å². The molecule has 0 fully saturated rings. The second-order valence-corrected chi connectivity index (χ2v) is 8.76. The third-order valence-electron chi connectivity index (χ3n) is 6.65. The smallest absolute Gasteiger partial charge is 0.335 e. The summed E-state index contributed by atoms with van der Waals surface area (Å²) in [6.45, 7) is 1.87. The van der Waals surface area contributed by atoms with Gasteiger partial charge in [-0.05, 0) is 54.4 Å². The summed E-state index contributed by atoms with van der Waals surface area (Å²) in [5.41, 5.74) is 1.31. The molecule has 188 valence electrons. The van der Waals surface area contributed by atoms with Gasteiger partial charge >= 0.3 is 11.9 Å². The minimum Gasteiger partial charge on any atom is -0.497 e.